The Hall–Kier alpha value is -4.32. The van der Waals surface area contributed by atoms with Gasteiger partial charge in [0.25, 0.3) is 11.8 Å². The molecule has 2 aromatic heterocycles. The first kappa shape index (κ1) is 36.9. The number of nitrogens with zero attached hydrogens (tertiary/aromatic N) is 5. The molecule has 2 aliphatic rings. The Balaban J connectivity index is 0.00000486. The molecule has 1 fully saturated rings. The Labute approximate surface area is 299 Å². The molecule has 6 rings (SSSR count). The van der Waals surface area contributed by atoms with E-state index in [4.69, 9.17) is 4.74 Å². The van der Waals surface area contributed by atoms with E-state index in [1.54, 1.807) is 6.07 Å². The zero-order valence-electron chi connectivity index (χ0n) is 29.0. The average Bonchev–Trinajstić information content (AvgIpc) is 3.54. The minimum absolute atomic E-state index is 0. The number of halogens is 2. The van der Waals surface area contributed by atoms with Gasteiger partial charge in [0.05, 0.1) is 6.20 Å². The summed E-state index contributed by atoms with van der Waals surface area (Å²) in [4.78, 5) is 34.9. The van der Waals surface area contributed by atoms with Gasteiger partial charge in [-0.05, 0) is 107 Å². The fourth-order valence-corrected chi connectivity index (χ4v) is 6.52. The number of pyridine rings is 1. The van der Waals surface area contributed by atoms with E-state index in [0.29, 0.717) is 24.3 Å². The van der Waals surface area contributed by atoms with Gasteiger partial charge < -0.3 is 25.2 Å². The van der Waals surface area contributed by atoms with Crippen molar-refractivity contribution >= 4 is 24.2 Å². The summed E-state index contributed by atoms with van der Waals surface area (Å²) in [5.41, 5.74) is 4.84. The summed E-state index contributed by atoms with van der Waals surface area (Å²) in [6, 6.07) is 19.0. The third kappa shape index (κ3) is 9.68. The van der Waals surface area contributed by atoms with Crippen molar-refractivity contribution in [3.8, 4) is 22.8 Å². The zero-order valence-corrected chi connectivity index (χ0v) is 29.8. The Kier molecular flexibility index (Phi) is 12.6. The van der Waals surface area contributed by atoms with Crippen molar-refractivity contribution in [2.75, 3.05) is 34.2 Å². The molecule has 50 heavy (non-hydrogen) atoms. The average molecular weight is 704 g/mol. The van der Waals surface area contributed by atoms with E-state index in [0.717, 1.165) is 87.4 Å². The van der Waals surface area contributed by atoms with Crippen LogP contribution in [-0.4, -0.2) is 82.7 Å². The van der Waals surface area contributed by atoms with Crippen LogP contribution in [0.25, 0.3) is 11.1 Å². The van der Waals surface area contributed by atoms with Gasteiger partial charge in [-0.25, -0.2) is 9.37 Å². The molecular weight excluding hydrogens is 657 g/mol. The molecule has 0 spiro atoms. The van der Waals surface area contributed by atoms with E-state index in [2.05, 4.69) is 75.9 Å². The SMILES string of the molecule is CN(C)CCN(C)Cc1ccc(-c2cccc(Oc3ncc(F)cc3C(=O)N[C@H]3CC[C@H](NC(=O)c4cc5n(n4)CCCC5)CC3)c2)cc1.Cl. The molecule has 12 heteroatoms. The number of nitrogens with one attached hydrogen (secondary N) is 2. The Morgan fingerprint density at radius 2 is 1.62 bits per heavy atom. The highest BCUT2D eigenvalue weighted by Gasteiger charge is 2.27. The van der Waals surface area contributed by atoms with Crippen molar-refractivity contribution in [2.24, 2.45) is 0 Å². The van der Waals surface area contributed by atoms with E-state index in [1.807, 2.05) is 28.9 Å². The largest absolute Gasteiger partial charge is 0.438 e. The van der Waals surface area contributed by atoms with Gasteiger partial charge in [0.1, 0.15) is 22.8 Å². The second-order valence-electron chi connectivity index (χ2n) is 13.6. The van der Waals surface area contributed by atoms with Crippen molar-refractivity contribution in [1.29, 1.82) is 0 Å². The van der Waals surface area contributed by atoms with Crippen LogP contribution in [-0.2, 0) is 19.5 Å². The maximum absolute atomic E-state index is 14.3. The number of hydrogen-bond acceptors (Lipinski definition) is 7. The molecule has 4 aromatic rings. The van der Waals surface area contributed by atoms with Crippen LogP contribution in [0.2, 0.25) is 0 Å². The van der Waals surface area contributed by atoms with E-state index < -0.39 is 11.7 Å². The molecule has 1 aliphatic carbocycles. The van der Waals surface area contributed by atoms with Crippen LogP contribution in [0.1, 0.15) is 70.6 Å². The van der Waals surface area contributed by atoms with Crippen molar-refractivity contribution < 1.29 is 18.7 Å². The molecular formula is C38H47ClFN7O3. The molecule has 2 amide bonds. The van der Waals surface area contributed by atoms with Gasteiger partial charge in [-0.1, -0.05) is 36.4 Å². The molecule has 0 unspecified atom stereocenters. The number of carbonyl (C=O) groups is 2. The quantitative estimate of drug-likeness (QED) is 0.184. The molecule has 0 radical (unpaired) electrons. The van der Waals surface area contributed by atoms with Crippen LogP contribution in [0.5, 0.6) is 11.6 Å². The summed E-state index contributed by atoms with van der Waals surface area (Å²) in [6.07, 6.45) is 7.02. The van der Waals surface area contributed by atoms with E-state index in [1.165, 1.54) is 5.56 Å². The molecule has 3 heterocycles. The number of ether oxygens (including phenoxy) is 1. The molecule has 266 valence electrons. The van der Waals surface area contributed by atoms with E-state index in [9.17, 15) is 14.0 Å². The second-order valence-corrected chi connectivity index (χ2v) is 13.6. The number of benzene rings is 2. The van der Waals surface area contributed by atoms with Crippen LogP contribution in [0, 0.1) is 5.82 Å². The van der Waals surface area contributed by atoms with Crippen LogP contribution in [0.4, 0.5) is 4.39 Å². The van der Waals surface area contributed by atoms with Gasteiger partial charge in [0.2, 0.25) is 5.88 Å². The Morgan fingerprint density at radius 1 is 0.900 bits per heavy atom. The van der Waals surface area contributed by atoms with Gasteiger partial charge in [-0.2, -0.15) is 5.10 Å². The van der Waals surface area contributed by atoms with Gasteiger partial charge in [-0.3, -0.25) is 14.3 Å². The van der Waals surface area contributed by atoms with Gasteiger partial charge in [0.15, 0.2) is 0 Å². The molecule has 2 aromatic carbocycles. The summed E-state index contributed by atoms with van der Waals surface area (Å²) in [7, 11) is 6.28. The monoisotopic (exact) mass is 703 g/mol. The lowest BCUT2D eigenvalue weighted by atomic mass is 9.91. The number of aryl methyl sites for hydroxylation is 2. The van der Waals surface area contributed by atoms with E-state index in [-0.39, 0.29) is 41.8 Å². The molecule has 0 atom stereocenters. The first-order valence-electron chi connectivity index (χ1n) is 17.2. The predicted octanol–water partition coefficient (Wildman–Crippen LogP) is 6.10. The number of fused-ring (bicyclic) bond motifs is 1. The molecule has 1 saturated carbocycles. The molecule has 1 aliphatic heterocycles. The summed E-state index contributed by atoms with van der Waals surface area (Å²) >= 11 is 0. The Morgan fingerprint density at radius 3 is 2.32 bits per heavy atom. The molecule has 0 saturated heterocycles. The van der Waals surface area contributed by atoms with Crippen molar-refractivity contribution in [3.05, 3.63) is 95.2 Å². The lowest BCUT2D eigenvalue weighted by Gasteiger charge is -2.29. The zero-order chi connectivity index (χ0) is 34.3. The summed E-state index contributed by atoms with van der Waals surface area (Å²) in [6.45, 7) is 3.72. The first-order chi connectivity index (χ1) is 23.7. The normalized spacial score (nSPS) is 17.2. The van der Waals surface area contributed by atoms with Crippen molar-refractivity contribution in [3.63, 3.8) is 0 Å². The number of rotatable bonds is 12. The van der Waals surface area contributed by atoms with Crippen LogP contribution < -0.4 is 15.4 Å². The highest BCUT2D eigenvalue weighted by atomic mass is 35.5. The summed E-state index contributed by atoms with van der Waals surface area (Å²) < 4.78 is 22.4. The molecule has 0 bridgehead atoms. The lowest BCUT2D eigenvalue weighted by molar-refractivity contribution is 0.0887. The van der Waals surface area contributed by atoms with E-state index >= 15 is 0 Å². The minimum Gasteiger partial charge on any atom is -0.438 e. The van der Waals surface area contributed by atoms with Crippen molar-refractivity contribution in [2.45, 2.75) is 70.1 Å². The number of likely N-dealkylation sites (N-methyl/N-ethyl adjacent to an activating group) is 2. The number of hydrogen-bond donors (Lipinski definition) is 2. The summed E-state index contributed by atoms with van der Waals surface area (Å²) in [5.74, 6) is -0.683. The highest BCUT2D eigenvalue weighted by Crippen LogP contribution is 2.29. The first-order valence-corrected chi connectivity index (χ1v) is 17.2. The third-order valence-corrected chi connectivity index (χ3v) is 9.33. The van der Waals surface area contributed by atoms with Crippen molar-refractivity contribution in [1.82, 2.24) is 35.2 Å². The number of amides is 2. The molecule has 2 N–H and O–H groups in total. The van der Waals surface area contributed by atoms with Crippen LogP contribution in [0.15, 0.2) is 66.9 Å². The third-order valence-electron chi connectivity index (χ3n) is 9.33. The maximum atomic E-state index is 14.3. The van der Waals surface area contributed by atoms with Crippen LogP contribution >= 0.6 is 12.4 Å². The highest BCUT2D eigenvalue weighted by molar-refractivity contribution is 5.96. The lowest BCUT2D eigenvalue weighted by Crippen LogP contribution is -2.44. The molecule has 10 nitrogen and oxygen atoms in total. The van der Waals surface area contributed by atoms with Gasteiger partial charge in [0, 0.05) is 44.0 Å². The van der Waals surface area contributed by atoms with Gasteiger partial charge >= 0.3 is 0 Å². The standard InChI is InChI=1S/C38H46FN7O3.ClH/c1-44(2)19-20-45(3)25-26-10-12-27(13-11-26)28-7-6-9-33(21-28)49-38-34(22-29(39)24-40-38)36(47)41-30-14-16-31(17-15-30)42-37(48)35-23-32-8-4-5-18-46(32)43-35;/h6-7,9-13,21-24,30-31H,4-5,8,14-20,25H2,1-3H3,(H,41,47)(H,42,48);1H/t30-,31-;. The predicted molar refractivity (Wildman–Crippen MR) is 194 cm³/mol. The topological polar surface area (TPSA) is 105 Å². The smallest absolute Gasteiger partial charge is 0.272 e. The maximum Gasteiger partial charge on any atom is 0.272 e. The van der Waals surface area contributed by atoms with Crippen LogP contribution in [0.3, 0.4) is 0 Å². The van der Waals surface area contributed by atoms with Gasteiger partial charge in [-0.15, -0.1) is 12.4 Å². The number of carbonyl (C=O) groups excluding carboxylic acids is 2. The fraction of sp³-hybridized carbons (Fsp3) is 0.421. The second kappa shape index (κ2) is 17.1. The summed E-state index contributed by atoms with van der Waals surface area (Å²) in [5, 5.41) is 10.6. The number of aromatic nitrogens is 3. The minimum atomic E-state index is -0.619. The Bertz CT molecular complexity index is 1730. The fourth-order valence-electron chi connectivity index (χ4n) is 6.52.